The molecule has 0 spiro atoms. The fourth-order valence-corrected chi connectivity index (χ4v) is 1.51. The molecule has 6 heteroatoms. The van der Waals surface area contributed by atoms with Crippen molar-refractivity contribution in [3.63, 3.8) is 0 Å². The Bertz CT molecular complexity index is 258. The van der Waals surface area contributed by atoms with Crippen molar-refractivity contribution in [2.75, 3.05) is 18.6 Å². The molecule has 1 N–H and O–H groups in total. The third-order valence-corrected chi connectivity index (χ3v) is 2.50. The normalized spacial score (nSPS) is 13.1. The van der Waals surface area contributed by atoms with E-state index in [-0.39, 0.29) is 13.0 Å². The van der Waals surface area contributed by atoms with Gasteiger partial charge in [-0.15, -0.1) is 0 Å². The molecule has 1 atom stereocenters. The molecule has 0 fully saturated rings. The first-order chi connectivity index (χ1) is 7.69. The first kappa shape index (κ1) is 15.1. The van der Waals surface area contributed by atoms with Crippen molar-refractivity contribution in [1.82, 2.24) is 5.32 Å². The molecule has 92 valence electrons. The fourth-order valence-electron chi connectivity index (χ4n) is 1.04. The highest BCUT2D eigenvalue weighted by Gasteiger charge is 2.16. The molecular weight excluding hydrogens is 281 g/mol. The topological polar surface area (TPSA) is 55.4 Å². The maximum atomic E-state index is 12.1. The SMILES string of the molecule is CCOC(=O)C(C=C(CBr)CCF)NC=O. The molecule has 1 unspecified atom stereocenters. The van der Waals surface area contributed by atoms with Gasteiger partial charge in [0.1, 0.15) is 6.04 Å². The lowest BCUT2D eigenvalue weighted by Gasteiger charge is -2.12. The van der Waals surface area contributed by atoms with Crippen LogP contribution in [0.2, 0.25) is 0 Å². The molecule has 0 aromatic heterocycles. The Hall–Kier alpha value is -0.910. The standard InChI is InChI=1S/C10H15BrFNO3/c1-2-16-10(15)9(13-7-14)5-8(6-11)3-4-12/h5,7,9H,2-4,6H2,1H3,(H,13,14). The molecule has 0 aliphatic carbocycles. The lowest BCUT2D eigenvalue weighted by molar-refractivity contribution is -0.145. The highest BCUT2D eigenvalue weighted by molar-refractivity contribution is 9.09. The van der Waals surface area contributed by atoms with Gasteiger partial charge in [-0.05, 0) is 13.3 Å². The van der Waals surface area contributed by atoms with Crippen LogP contribution in [0, 0.1) is 0 Å². The van der Waals surface area contributed by atoms with E-state index in [9.17, 15) is 14.0 Å². The molecule has 0 rings (SSSR count). The maximum Gasteiger partial charge on any atom is 0.332 e. The van der Waals surface area contributed by atoms with Crippen LogP contribution in [0.25, 0.3) is 0 Å². The summed E-state index contributed by atoms with van der Waals surface area (Å²) in [5, 5.41) is 2.77. The minimum atomic E-state index is -0.850. The Labute approximate surface area is 102 Å². The van der Waals surface area contributed by atoms with Gasteiger partial charge in [0.15, 0.2) is 0 Å². The molecule has 0 saturated carbocycles. The second kappa shape index (κ2) is 9.33. The minimum absolute atomic E-state index is 0.224. The van der Waals surface area contributed by atoms with Gasteiger partial charge in [-0.2, -0.15) is 0 Å². The number of nitrogens with one attached hydrogen (secondary N) is 1. The van der Waals surface area contributed by atoms with Crippen molar-refractivity contribution in [3.05, 3.63) is 11.6 Å². The number of amides is 1. The summed E-state index contributed by atoms with van der Waals surface area (Å²) in [6.45, 7) is 1.40. The van der Waals surface area contributed by atoms with Crippen molar-refractivity contribution in [3.8, 4) is 0 Å². The van der Waals surface area contributed by atoms with Crippen molar-refractivity contribution in [2.24, 2.45) is 0 Å². The van der Waals surface area contributed by atoms with Gasteiger partial charge in [-0.3, -0.25) is 9.18 Å². The summed E-state index contributed by atoms with van der Waals surface area (Å²) >= 11 is 3.18. The first-order valence-electron chi connectivity index (χ1n) is 4.87. The summed E-state index contributed by atoms with van der Waals surface area (Å²) in [6.07, 6.45) is 2.14. The van der Waals surface area contributed by atoms with Crippen molar-refractivity contribution >= 4 is 28.3 Å². The van der Waals surface area contributed by atoms with E-state index in [0.717, 1.165) is 0 Å². The van der Waals surface area contributed by atoms with Crippen molar-refractivity contribution in [1.29, 1.82) is 0 Å². The number of rotatable bonds is 8. The molecule has 0 radical (unpaired) electrons. The van der Waals surface area contributed by atoms with Gasteiger partial charge in [-0.1, -0.05) is 27.6 Å². The van der Waals surface area contributed by atoms with E-state index in [4.69, 9.17) is 4.74 Å². The van der Waals surface area contributed by atoms with E-state index in [1.54, 1.807) is 6.92 Å². The van der Waals surface area contributed by atoms with Gasteiger partial charge in [0.2, 0.25) is 6.41 Å². The molecular formula is C10H15BrFNO3. The number of allylic oxidation sites excluding steroid dienone is 1. The van der Waals surface area contributed by atoms with Gasteiger partial charge in [0, 0.05) is 5.33 Å². The van der Waals surface area contributed by atoms with E-state index in [0.29, 0.717) is 17.3 Å². The summed E-state index contributed by atoms with van der Waals surface area (Å²) in [6, 6.07) is -0.850. The average molecular weight is 296 g/mol. The molecule has 0 saturated heterocycles. The van der Waals surface area contributed by atoms with Crippen LogP contribution in [0.1, 0.15) is 13.3 Å². The number of ether oxygens (including phenoxy) is 1. The highest BCUT2D eigenvalue weighted by Crippen LogP contribution is 2.08. The monoisotopic (exact) mass is 295 g/mol. The predicted molar refractivity (Wildman–Crippen MR) is 62.1 cm³/mol. The minimum Gasteiger partial charge on any atom is -0.464 e. The lowest BCUT2D eigenvalue weighted by Crippen LogP contribution is -2.36. The first-order valence-corrected chi connectivity index (χ1v) is 5.99. The van der Waals surface area contributed by atoms with Gasteiger partial charge >= 0.3 is 5.97 Å². The van der Waals surface area contributed by atoms with E-state index in [2.05, 4.69) is 21.2 Å². The number of carbonyl (C=O) groups excluding carboxylic acids is 2. The Kier molecular flexibility index (Phi) is 8.80. The number of alkyl halides is 2. The van der Waals surface area contributed by atoms with Crippen LogP contribution >= 0.6 is 15.9 Å². The highest BCUT2D eigenvalue weighted by atomic mass is 79.9. The zero-order valence-electron chi connectivity index (χ0n) is 9.04. The fraction of sp³-hybridized carbons (Fsp3) is 0.600. The number of halogens is 2. The van der Waals surface area contributed by atoms with Gasteiger partial charge < -0.3 is 10.1 Å². The van der Waals surface area contributed by atoms with Crippen LogP contribution in [-0.4, -0.2) is 37.0 Å². The number of hydrogen-bond acceptors (Lipinski definition) is 3. The molecule has 4 nitrogen and oxygen atoms in total. The van der Waals surface area contributed by atoms with E-state index in [1.807, 2.05) is 0 Å². The Morgan fingerprint density at radius 2 is 2.31 bits per heavy atom. The molecule has 0 aromatic carbocycles. The zero-order chi connectivity index (χ0) is 12.4. The number of esters is 1. The molecule has 0 aliphatic rings. The smallest absolute Gasteiger partial charge is 0.332 e. The largest absolute Gasteiger partial charge is 0.464 e. The second-order valence-corrected chi connectivity index (χ2v) is 3.47. The number of hydrogen-bond donors (Lipinski definition) is 1. The third-order valence-electron chi connectivity index (χ3n) is 1.78. The molecule has 0 aromatic rings. The number of carbonyl (C=O) groups is 2. The Balaban J connectivity index is 4.61. The van der Waals surface area contributed by atoms with E-state index >= 15 is 0 Å². The third kappa shape index (κ3) is 5.85. The summed E-state index contributed by atoms with van der Waals surface area (Å²) in [5.74, 6) is -0.549. The van der Waals surface area contributed by atoms with Crippen molar-refractivity contribution in [2.45, 2.75) is 19.4 Å². The van der Waals surface area contributed by atoms with Crippen LogP contribution < -0.4 is 5.32 Å². The Morgan fingerprint density at radius 3 is 2.75 bits per heavy atom. The van der Waals surface area contributed by atoms with Crippen molar-refractivity contribution < 1.29 is 18.7 Å². The van der Waals surface area contributed by atoms with Crippen LogP contribution in [0.3, 0.4) is 0 Å². The summed E-state index contributed by atoms with van der Waals surface area (Å²) in [5.41, 5.74) is 0.704. The second-order valence-electron chi connectivity index (χ2n) is 2.91. The quantitative estimate of drug-likeness (QED) is 0.318. The molecule has 0 heterocycles. The predicted octanol–water partition coefficient (Wildman–Crippen LogP) is 1.34. The van der Waals surface area contributed by atoms with Crippen LogP contribution in [0.5, 0.6) is 0 Å². The summed E-state index contributed by atoms with van der Waals surface area (Å²) in [7, 11) is 0. The zero-order valence-corrected chi connectivity index (χ0v) is 10.6. The van der Waals surface area contributed by atoms with Crippen LogP contribution in [-0.2, 0) is 14.3 Å². The van der Waals surface area contributed by atoms with Gasteiger partial charge in [0.25, 0.3) is 0 Å². The van der Waals surface area contributed by atoms with E-state index in [1.165, 1.54) is 6.08 Å². The van der Waals surface area contributed by atoms with Crippen LogP contribution in [0.15, 0.2) is 11.6 Å². The van der Waals surface area contributed by atoms with Gasteiger partial charge in [-0.25, -0.2) is 4.79 Å². The maximum absolute atomic E-state index is 12.1. The molecule has 1 amide bonds. The molecule has 16 heavy (non-hydrogen) atoms. The van der Waals surface area contributed by atoms with Crippen LogP contribution in [0.4, 0.5) is 4.39 Å². The molecule has 0 bridgehead atoms. The molecule has 0 aliphatic heterocycles. The average Bonchev–Trinajstić information content (AvgIpc) is 2.27. The lowest BCUT2D eigenvalue weighted by atomic mass is 10.1. The Morgan fingerprint density at radius 1 is 1.62 bits per heavy atom. The summed E-state index contributed by atoms with van der Waals surface area (Å²) < 4.78 is 16.9. The van der Waals surface area contributed by atoms with Gasteiger partial charge in [0.05, 0.1) is 13.3 Å². The summed E-state index contributed by atoms with van der Waals surface area (Å²) in [4.78, 5) is 21.7. The van der Waals surface area contributed by atoms with E-state index < -0.39 is 18.7 Å².